The minimum Gasteiger partial charge on any atom is -0.481 e. The molecule has 1 aromatic carbocycles. The van der Waals surface area contributed by atoms with E-state index in [2.05, 4.69) is 6.92 Å². The summed E-state index contributed by atoms with van der Waals surface area (Å²) < 4.78 is 11.4. The SMILES string of the molecule is CCCCCCCCCCCC(=O)OCC(ON1C(C)(C)CC(OC(=O)CCC(=O)O)CC1(C)C)c1ccccc1. The third kappa shape index (κ3) is 12.9. The second kappa shape index (κ2) is 17.5. The van der Waals surface area contributed by atoms with Crippen LogP contribution in [0.15, 0.2) is 30.3 Å². The molecule has 0 aromatic heterocycles. The number of unbranched alkanes of at least 4 members (excludes halogenated alkanes) is 8. The smallest absolute Gasteiger partial charge is 0.306 e. The predicted octanol–water partition coefficient (Wildman–Crippen LogP) is 7.55. The first-order valence-corrected chi connectivity index (χ1v) is 15.5. The molecule has 1 saturated heterocycles. The topological polar surface area (TPSA) is 102 Å². The van der Waals surface area contributed by atoms with Crippen LogP contribution >= 0.6 is 0 Å². The van der Waals surface area contributed by atoms with E-state index in [1.54, 1.807) is 0 Å². The summed E-state index contributed by atoms with van der Waals surface area (Å²) in [6, 6.07) is 9.75. The minimum atomic E-state index is -1.02. The van der Waals surface area contributed by atoms with Gasteiger partial charge < -0.3 is 14.6 Å². The van der Waals surface area contributed by atoms with Gasteiger partial charge in [0.2, 0.25) is 0 Å². The maximum atomic E-state index is 12.6. The number of esters is 2. The van der Waals surface area contributed by atoms with E-state index in [1.165, 1.54) is 38.5 Å². The van der Waals surface area contributed by atoms with Gasteiger partial charge in [-0.3, -0.25) is 19.2 Å². The van der Waals surface area contributed by atoms with E-state index >= 15 is 0 Å². The fourth-order valence-electron chi connectivity index (χ4n) is 5.80. The lowest BCUT2D eigenvalue weighted by molar-refractivity contribution is -0.321. The molecule has 1 aliphatic heterocycles. The Morgan fingerprint density at radius 2 is 1.39 bits per heavy atom. The Bertz CT molecular complexity index is 913. The van der Waals surface area contributed by atoms with Crippen LogP contribution in [0, 0.1) is 0 Å². The van der Waals surface area contributed by atoms with Gasteiger partial charge in [-0.25, -0.2) is 0 Å². The number of aliphatic carboxylic acids is 1. The van der Waals surface area contributed by atoms with E-state index in [9.17, 15) is 14.4 Å². The lowest BCUT2D eigenvalue weighted by Gasteiger charge is -2.54. The first-order chi connectivity index (χ1) is 19.4. The number of hydrogen-bond acceptors (Lipinski definition) is 7. The van der Waals surface area contributed by atoms with Crippen LogP contribution in [0.4, 0.5) is 0 Å². The third-order valence-corrected chi connectivity index (χ3v) is 7.68. The van der Waals surface area contributed by atoms with Crippen LogP contribution in [0.3, 0.4) is 0 Å². The van der Waals surface area contributed by atoms with Gasteiger partial charge in [-0.2, -0.15) is 5.06 Å². The largest absolute Gasteiger partial charge is 0.481 e. The molecule has 0 radical (unpaired) electrons. The highest BCUT2D eigenvalue weighted by atomic mass is 16.7. The molecular formula is C33H53NO7. The second-order valence-electron chi connectivity index (χ2n) is 12.6. The van der Waals surface area contributed by atoms with E-state index in [-0.39, 0.29) is 31.5 Å². The Hall–Kier alpha value is -2.45. The van der Waals surface area contributed by atoms with Crippen LogP contribution in [0.25, 0.3) is 0 Å². The molecule has 8 heteroatoms. The molecule has 2 rings (SSSR count). The number of nitrogens with zero attached hydrogens (tertiary/aromatic N) is 1. The van der Waals surface area contributed by atoms with Crippen LogP contribution < -0.4 is 0 Å². The zero-order valence-corrected chi connectivity index (χ0v) is 26.0. The molecule has 232 valence electrons. The molecule has 0 bridgehead atoms. The predicted molar refractivity (Wildman–Crippen MR) is 159 cm³/mol. The average Bonchev–Trinajstić information content (AvgIpc) is 2.90. The number of carboxylic acid groups (broad SMARTS) is 1. The summed E-state index contributed by atoms with van der Waals surface area (Å²) in [4.78, 5) is 42.3. The molecule has 1 unspecified atom stereocenters. The molecule has 8 nitrogen and oxygen atoms in total. The first-order valence-electron chi connectivity index (χ1n) is 15.5. The van der Waals surface area contributed by atoms with Gasteiger partial charge in [0, 0.05) is 30.3 Å². The van der Waals surface area contributed by atoms with Gasteiger partial charge in [0.05, 0.1) is 12.8 Å². The number of piperidine rings is 1. The minimum absolute atomic E-state index is 0.108. The monoisotopic (exact) mass is 575 g/mol. The Balaban J connectivity index is 1.93. The first kappa shape index (κ1) is 34.7. The van der Waals surface area contributed by atoms with Crippen molar-refractivity contribution in [3.63, 3.8) is 0 Å². The summed E-state index contributed by atoms with van der Waals surface area (Å²) in [6.45, 7) is 10.5. The van der Waals surface area contributed by atoms with Gasteiger partial charge in [0.15, 0.2) is 0 Å². The molecule has 41 heavy (non-hydrogen) atoms. The Kier molecular flexibility index (Phi) is 14.8. The fraction of sp³-hybridized carbons (Fsp3) is 0.727. The van der Waals surface area contributed by atoms with Crippen LogP contribution in [-0.4, -0.2) is 51.9 Å². The highest BCUT2D eigenvalue weighted by molar-refractivity contribution is 5.76. The van der Waals surface area contributed by atoms with Crippen LogP contribution in [0.2, 0.25) is 0 Å². The molecule has 0 spiro atoms. The van der Waals surface area contributed by atoms with Crippen molar-refractivity contribution in [2.45, 2.75) is 148 Å². The summed E-state index contributed by atoms with van der Waals surface area (Å²) in [5.41, 5.74) is -0.0997. The molecule has 0 aliphatic carbocycles. The molecule has 1 N–H and O–H groups in total. The van der Waals surface area contributed by atoms with Gasteiger partial charge in [-0.05, 0) is 39.7 Å². The number of benzene rings is 1. The maximum absolute atomic E-state index is 12.6. The molecule has 1 fully saturated rings. The van der Waals surface area contributed by atoms with E-state index < -0.39 is 29.1 Å². The van der Waals surface area contributed by atoms with Gasteiger partial charge in [-0.15, -0.1) is 0 Å². The van der Waals surface area contributed by atoms with E-state index in [0.717, 1.165) is 24.8 Å². The summed E-state index contributed by atoms with van der Waals surface area (Å²) >= 11 is 0. The number of carboxylic acids is 1. The quantitative estimate of drug-likeness (QED) is 0.133. The Morgan fingerprint density at radius 1 is 0.829 bits per heavy atom. The van der Waals surface area contributed by atoms with Crippen molar-refractivity contribution in [2.24, 2.45) is 0 Å². The molecule has 1 aromatic rings. The summed E-state index contributed by atoms with van der Waals surface area (Å²) in [7, 11) is 0. The zero-order chi connectivity index (χ0) is 30.3. The Morgan fingerprint density at radius 3 is 1.95 bits per heavy atom. The average molecular weight is 576 g/mol. The third-order valence-electron chi connectivity index (χ3n) is 7.68. The van der Waals surface area contributed by atoms with Crippen molar-refractivity contribution in [3.05, 3.63) is 35.9 Å². The lowest BCUT2D eigenvalue weighted by atomic mass is 9.80. The maximum Gasteiger partial charge on any atom is 0.306 e. The number of carbonyl (C=O) groups excluding carboxylic acids is 2. The number of hydrogen-bond donors (Lipinski definition) is 1. The van der Waals surface area contributed by atoms with Crippen molar-refractivity contribution in [3.8, 4) is 0 Å². The Labute approximate surface area is 247 Å². The molecular weight excluding hydrogens is 522 g/mol. The standard InChI is InChI=1S/C33H53NO7/c1-6-7-8-9-10-11-12-13-17-20-30(37)39-25-28(26-18-15-14-16-19-26)41-34-32(2,3)23-27(24-33(34,4)5)40-31(38)22-21-29(35)36/h14-16,18-19,27-28H,6-13,17,20-25H2,1-5H3,(H,35,36). The van der Waals surface area contributed by atoms with E-state index in [1.807, 2.05) is 63.1 Å². The number of ether oxygens (including phenoxy) is 2. The zero-order valence-electron chi connectivity index (χ0n) is 26.0. The molecule has 0 saturated carbocycles. The second-order valence-corrected chi connectivity index (χ2v) is 12.6. The van der Waals surface area contributed by atoms with Crippen molar-refractivity contribution >= 4 is 17.9 Å². The highest BCUT2D eigenvalue weighted by Crippen LogP contribution is 2.42. The van der Waals surface area contributed by atoms with Crippen LogP contribution in [0.5, 0.6) is 0 Å². The molecule has 1 atom stereocenters. The molecule has 1 aliphatic rings. The summed E-state index contributed by atoms with van der Waals surface area (Å²) in [6.07, 6.45) is 11.0. The number of rotatable bonds is 19. The van der Waals surface area contributed by atoms with Gasteiger partial charge in [-0.1, -0.05) is 88.6 Å². The van der Waals surface area contributed by atoms with Gasteiger partial charge >= 0.3 is 17.9 Å². The normalized spacial score (nSPS) is 17.6. The lowest BCUT2D eigenvalue weighted by Crippen LogP contribution is -2.62. The van der Waals surface area contributed by atoms with Crippen molar-refractivity contribution in [2.75, 3.05) is 6.61 Å². The number of carbonyl (C=O) groups is 3. The van der Waals surface area contributed by atoms with Crippen molar-refractivity contribution in [1.82, 2.24) is 5.06 Å². The van der Waals surface area contributed by atoms with Crippen molar-refractivity contribution < 1.29 is 33.8 Å². The van der Waals surface area contributed by atoms with E-state index in [0.29, 0.717) is 19.3 Å². The van der Waals surface area contributed by atoms with Gasteiger partial charge in [0.1, 0.15) is 18.8 Å². The van der Waals surface area contributed by atoms with Gasteiger partial charge in [0.25, 0.3) is 0 Å². The van der Waals surface area contributed by atoms with Crippen LogP contribution in [-0.2, 0) is 28.7 Å². The summed E-state index contributed by atoms with van der Waals surface area (Å²) in [5.74, 6) is -1.73. The van der Waals surface area contributed by atoms with Crippen molar-refractivity contribution in [1.29, 1.82) is 0 Å². The van der Waals surface area contributed by atoms with Crippen LogP contribution in [0.1, 0.15) is 136 Å². The van der Waals surface area contributed by atoms with E-state index in [4.69, 9.17) is 19.4 Å². The number of hydroxylamine groups is 2. The highest BCUT2D eigenvalue weighted by Gasteiger charge is 2.48. The fourth-order valence-corrected chi connectivity index (χ4v) is 5.80. The molecule has 0 amide bonds. The molecule has 1 heterocycles. The summed E-state index contributed by atoms with van der Waals surface area (Å²) in [5, 5.41) is 10.8.